The van der Waals surface area contributed by atoms with E-state index in [1.54, 1.807) is 6.07 Å². The average Bonchev–Trinajstić information content (AvgIpc) is 2.39. The van der Waals surface area contributed by atoms with Crippen LogP contribution in [0.1, 0.15) is 11.6 Å². The van der Waals surface area contributed by atoms with Gasteiger partial charge in [0.15, 0.2) is 11.6 Å². The molecule has 1 aromatic carbocycles. The SMILES string of the molecule is OC1COc2c(F)cc(Cl)cc2C1N1CCOCC1. The first-order valence-corrected chi connectivity index (χ1v) is 6.66. The summed E-state index contributed by atoms with van der Waals surface area (Å²) in [6.07, 6.45) is -0.691. The molecular formula is C13H15ClFNO3. The number of rotatable bonds is 1. The van der Waals surface area contributed by atoms with Gasteiger partial charge in [-0.2, -0.15) is 0 Å². The molecule has 0 spiro atoms. The van der Waals surface area contributed by atoms with Gasteiger partial charge >= 0.3 is 0 Å². The average molecular weight is 288 g/mol. The van der Waals surface area contributed by atoms with E-state index in [0.717, 1.165) is 0 Å². The Hall–Kier alpha value is -0.880. The van der Waals surface area contributed by atoms with Crippen molar-refractivity contribution in [2.45, 2.75) is 12.1 Å². The van der Waals surface area contributed by atoms with Crippen molar-refractivity contribution in [1.82, 2.24) is 4.90 Å². The third-order valence-electron chi connectivity index (χ3n) is 3.56. The molecule has 0 bridgehead atoms. The van der Waals surface area contributed by atoms with E-state index in [4.69, 9.17) is 21.1 Å². The van der Waals surface area contributed by atoms with Gasteiger partial charge in [-0.25, -0.2) is 4.39 Å². The lowest BCUT2D eigenvalue weighted by molar-refractivity contribution is -0.0451. The first-order valence-electron chi connectivity index (χ1n) is 6.28. The minimum atomic E-state index is -0.691. The van der Waals surface area contributed by atoms with Crippen LogP contribution in [0.3, 0.4) is 0 Å². The standard InChI is InChI=1S/C13H15ClFNO3/c14-8-5-9-12(16-1-3-18-4-2-16)11(17)7-19-13(9)10(15)6-8/h5-6,11-12,17H,1-4,7H2. The van der Waals surface area contributed by atoms with E-state index in [2.05, 4.69) is 4.90 Å². The number of ether oxygens (including phenoxy) is 2. The minimum absolute atomic E-state index is 0.0908. The second kappa shape index (κ2) is 5.25. The minimum Gasteiger partial charge on any atom is -0.487 e. The Kier molecular flexibility index (Phi) is 3.62. The number of fused-ring (bicyclic) bond motifs is 1. The van der Waals surface area contributed by atoms with Crippen LogP contribution >= 0.6 is 11.6 Å². The fourth-order valence-corrected chi connectivity index (χ4v) is 2.93. The Bertz CT molecular complexity index is 479. The molecule has 0 aromatic heterocycles. The molecule has 2 atom stereocenters. The maximum atomic E-state index is 13.9. The van der Waals surface area contributed by atoms with Crippen LogP contribution < -0.4 is 4.74 Å². The molecule has 1 fully saturated rings. The molecule has 3 rings (SSSR count). The molecule has 0 aliphatic carbocycles. The second-order valence-electron chi connectivity index (χ2n) is 4.78. The number of hydrogen-bond acceptors (Lipinski definition) is 4. The number of nitrogens with zero attached hydrogens (tertiary/aromatic N) is 1. The molecule has 1 aromatic rings. The molecule has 0 amide bonds. The summed E-state index contributed by atoms with van der Waals surface area (Å²) in [6.45, 7) is 2.73. The predicted molar refractivity (Wildman–Crippen MR) is 68.0 cm³/mol. The predicted octanol–water partition coefficient (Wildman–Crippen LogP) is 1.61. The van der Waals surface area contributed by atoms with Crippen LogP contribution in [0.2, 0.25) is 5.02 Å². The van der Waals surface area contributed by atoms with Crippen LogP contribution in [-0.4, -0.2) is 49.0 Å². The fraction of sp³-hybridized carbons (Fsp3) is 0.538. The zero-order chi connectivity index (χ0) is 13.4. The first-order chi connectivity index (χ1) is 9.16. The Morgan fingerprint density at radius 3 is 2.79 bits per heavy atom. The van der Waals surface area contributed by atoms with Crippen LogP contribution in [0, 0.1) is 5.82 Å². The summed E-state index contributed by atoms with van der Waals surface area (Å²) in [7, 11) is 0. The molecule has 2 aliphatic heterocycles. The van der Waals surface area contributed by atoms with Gasteiger partial charge in [0.2, 0.25) is 0 Å². The third kappa shape index (κ3) is 2.43. The van der Waals surface area contributed by atoms with Crippen molar-refractivity contribution in [3.8, 4) is 5.75 Å². The van der Waals surface area contributed by atoms with Gasteiger partial charge in [0.1, 0.15) is 12.7 Å². The Morgan fingerprint density at radius 1 is 1.32 bits per heavy atom. The summed E-state index contributed by atoms with van der Waals surface area (Å²) in [5.41, 5.74) is 0.616. The fourth-order valence-electron chi connectivity index (χ4n) is 2.72. The Morgan fingerprint density at radius 2 is 2.05 bits per heavy atom. The Labute approximate surface area is 115 Å². The highest BCUT2D eigenvalue weighted by Crippen LogP contribution is 2.39. The molecule has 4 nitrogen and oxygen atoms in total. The molecule has 0 radical (unpaired) electrons. The lowest BCUT2D eigenvalue weighted by Gasteiger charge is -2.40. The van der Waals surface area contributed by atoms with Crippen molar-refractivity contribution < 1.29 is 19.0 Å². The molecule has 19 heavy (non-hydrogen) atoms. The lowest BCUT2D eigenvalue weighted by atomic mass is 9.96. The van der Waals surface area contributed by atoms with Crippen molar-refractivity contribution in [2.75, 3.05) is 32.9 Å². The van der Waals surface area contributed by atoms with E-state index in [9.17, 15) is 9.50 Å². The summed E-state index contributed by atoms with van der Waals surface area (Å²) < 4.78 is 24.5. The molecule has 2 heterocycles. The van der Waals surface area contributed by atoms with E-state index in [0.29, 0.717) is 36.9 Å². The molecule has 1 saturated heterocycles. The molecular weight excluding hydrogens is 273 g/mol. The maximum absolute atomic E-state index is 13.9. The van der Waals surface area contributed by atoms with Gasteiger partial charge in [-0.1, -0.05) is 11.6 Å². The third-order valence-corrected chi connectivity index (χ3v) is 3.78. The summed E-state index contributed by atoms with van der Waals surface area (Å²) in [5, 5.41) is 10.5. The van der Waals surface area contributed by atoms with E-state index < -0.39 is 11.9 Å². The molecule has 104 valence electrons. The number of aliphatic hydroxyl groups is 1. The normalized spacial score (nSPS) is 27.7. The van der Waals surface area contributed by atoms with Gasteiger partial charge in [-0.3, -0.25) is 4.90 Å². The summed E-state index contributed by atoms with van der Waals surface area (Å²) in [6, 6.07) is 2.61. The van der Waals surface area contributed by atoms with Crippen LogP contribution in [-0.2, 0) is 4.74 Å². The van der Waals surface area contributed by atoms with Gasteiger partial charge in [0, 0.05) is 23.7 Å². The zero-order valence-electron chi connectivity index (χ0n) is 10.3. The van der Waals surface area contributed by atoms with Crippen LogP contribution in [0.15, 0.2) is 12.1 Å². The largest absolute Gasteiger partial charge is 0.487 e. The van der Waals surface area contributed by atoms with E-state index >= 15 is 0 Å². The number of hydrogen-bond donors (Lipinski definition) is 1. The Balaban J connectivity index is 2.00. The van der Waals surface area contributed by atoms with Crippen molar-refractivity contribution in [3.05, 3.63) is 28.5 Å². The number of halogens is 2. The highest BCUT2D eigenvalue weighted by atomic mass is 35.5. The zero-order valence-corrected chi connectivity index (χ0v) is 11.1. The highest BCUT2D eigenvalue weighted by molar-refractivity contribution is 6.30. The molecule has 6 heteroatoms. The second-order valence-corrected chi connectivity index (χ2v) is 5.21. The van der Waals surface area contributed by atoms with Gasteiger partial charge in [-0.15, -0.1) is 0 Å². The van der Waals surface area contributed by atoms with Crippen molar-refractivity contribution in [3.63, 3.8) is 0 Å². The lowest BCUT2D eigenvalue weighted by Crippen LogP contribution is -2.47. The smallest absolute Gasteiger partial charge is 0.166 e. The quantitative estimate of drug-likeness (QED) is 0.852. The number of benzene rings is 1. The number of aliphatic hydroxyl groups excluding tert-OH is 1. The van der Waals surface area contributed by atoms with Crippen molar-refractivity contribution >= 4 is 11.6 Å². The molecule has 0 saturated carbocycles. The van der Waals surface area contributed by atoms with Gasteiger partial charge < -0.3 is 14.6 Å². The summed E-state index contributed by atoms with van der Waals surface area (Å²) in [4.78, 5) is 2.09. The maximum Gasteiger partial charge on any atom is 0.166 e. The topological polar surface area (TPSA) is 41.9 Å². The highest BCUT2D eigenvalue weighted by Gasteiger charge is 2.36. The molecule has 2 unspecified atom stereocenters. The summed E-state index contributed by atoms with van der Waals surface area (Å²) in [5.74, 6) is -0.279. The van der Waals surface area contributed by atoms with Gasteiger partial charge in [0.05, 0.1) is 19.3 Å². The van der Waals surface area contributed by atoms with Crippen molar-refractivity contribution in [1.29, 1.82) is 0 Å². The van der Waals surface area contributed by atoms with Crippen LogP contribution in [0.25, 0.3) is 0 Å². The summed E-state index contributed by atoms with van der Waals surface area (Å²) >= 11 is 5.91. The van der Waals surface area contributed by atoms with E-state index in [1.807, 2.05) is 0 Å². The molecule has 1 N–H and O–H groups in total. The van der Waals surface area contributed by atoms with E-state index in [1.165, 1.54) is 6.07 Å². The van der Waals surface area contributed by atoms with Crippen LogP contribution in [0.5, 0.6) is 5.75 Å². The molecule has 2 aliphatic rings. The first kappa shape index (κ1) is 13.1. The monoisotopic (exact) mass is 287 g/mol. The van der Waals surface area contributed by atoms with E-state index in [-0.39, 0.29) is 18.4 Å². The van der Waals surface area contributed by atoms with Crippen LogP contribution in [0.4, 0.5) is 4.39 Å². The van der Waals surface area contributed by atoms with Gasteiger partial charge in [-0.05, 0) is 12.1 Å². The van der Waals surface area contributed by atoms with Gasteiger partial charge in [0.25, 0.3) is 0 Å². The number of morpholine rings is 1. The van der Waals surface area contributed by atoms with Crippen molar-refractivity contribution in [2.24, 2.45) is 0 Å².